The second-order valence-corrected chi connectivity index (χ2v) is 9.83. The van der Waals surface area contributed by atoms with Crippen molar-refractivity contribution in [1.29, 1.82) is 0 Å². The SMILES string of the molecule is NS(=O)(=O)Oc1ccc(CCNC(=O)CCCCCCCSc2nc3ccccc3o2)cc1. The zero-order valence-electron chi connectivity index (χ0n) is 18.4. The highest BCUT2D eigenvalue weighted by Gasteiger charge is 2.06. The summed E-state index contributed by atoms with van der Waals surface area (Å²) in [6.45, 7) is 0.529. The minimum Gasteiger partial charge on any atom is -0.431 e. The van der Waals surface area contributed by atoms with Crippen LogP contribution in [0.5, 0.6) is 5.75 Å². The summed E-state index contributed by atoms with van der Waals surface area (Å²) in [5, 5.41) is 8.47. The Bertz CT molecular complexity index is 1100. The Labute approximate surface area is 198 Å². The molecule has 3 aromatic rings. The van der Waals surface area contributed by atoms with Crippen LogP contribution in [0.2, 0.25) is 0 Å². The van der Waals surface area contributed by atoms with E-state index in [1.807, 2.05) is 24.3 Å². The summed E-state index contributed by atoms with van der Waals surface area (Å²) in [4.78, 5) is 16.4. The number of aromatic nitrogens is 1. The van der Waals surface area contributed by atoms with E-state index >= 15 is 0 Å². The zero-order valence-corrected chi connectivity index (χ0v) is 20.0. The van der Waals surface area contributed by atoms with Crippen molar-refractivity contribution in [3.63, 3.8) is 0 Å². The number of fused-ring (bicyclic) bond motifs is 1. The van der Waals surface area contributed by atoms with Crippen LogP contribution in [0.3, 0.4) is 0 Å². The van der Waals surface area contributed by atoms with Crippen LogP contribution < -0.4 is 14.6 Å². The maximum atomic E-state index is 12.0. The number of benzene rings is 2. The molecular formula is C23H29N3O5S2. The summed E-state index contributed by atoms with van der Waals surface area (Å²) in [7, 11) is -4.02. The zero-order chi connectivity index (χ0) is 23.5. The molecule has 0 bridgehead atoms. The Morgan fingerprint density at radius 3 is 2.52 bits per heavy atom. The number of unbranched alkanes of at least 4 members (excludes halogenated alkanes) is 4. The average molecular weight is 492 g/mol. The van der Waals surface area contributed by atoms with Crippen LogP contribution in [0.4, 0.5) is 0 Å². The van der Waals surface area contributed by atoms with E-state index in [1.165, 1.54) is 12.1 Å². The number of nitrogens with two attached hydrogens (primary N) is 1. The molecule has 1 amide bonds. The summed E-state index contributed by atoms with van der Waals surface area (Å²) < 4.78 is 32.1. The molecule has 3 N–H and O–H groups in total. The first-order valence-corrected chi connectivity index (χ1v) is 13.4. The van der Waals surface area contributed by atoms with E-state index < -0.39 is 10.3 Å². The molecule has 0 atom stereocenters. The number of amides is 1. The Balaban J connectivity index is 1.18. The van der Waals surface area contributed by atoms with Crippen LogP contribution >= 0.6 is 11.8 Å². The highest BCUT2D eigenvalue weighted by atomic mass is 32.2. The predicted octanol–water partition coefficient (Wildman–Crippen LogP) is 4.20. The third-order valence-electron chi connectivity index (χ3n) is 4.92. The van der Waals surface area contributed by atoms with Crippen molar-refractivity contribution in [3.8, 4) is 5.75 Å². The van der Waals surface area contributed by atoms with Crippen LogP contribution in [-0.2, 0) is 21.5 Å². The highest BCUT2D eigenvalue weighted by molar-refractivity contribution is 7.99. The molecule has 1 heterocycles. The van der Waals surface area contributed by atoms with Crippen LogP contribution in [-0.4, -0.2) is 31.6 Å². The number of hydrogen-bond acceptors (Lipinski definition) is 7. The first-order chi connectivity index (χ1) is 15.9. The van der Waals surface area contributed by atoms with Gasteiger partial charge >= 0.3 is 10.3 Å². The Morgan fingerprint density at radius 1 is 1.03 bits per heavy atom. The molecule has 0 saturated carbocycles. The van der Waals surface area contributed by atoms with Gasteiger partial charge in [-0.15, -0.1) is 0 Å². The largest absolute Gasteiger partial charge is 0.431 e. The molecule has 0 aliphatic rings. The van der Waals surface area contributed by atoms with Crippen molar-refractivity contribution in [3.05, 3.63) is 54.1 Å². The Kier molecular flexibility index (Phi) is 9.59. The van der Waals surface area contributed by atoms with Crippen LogP contribution in [0.1, 0.15) is 44.1 Å². The molecule has 8 nitrogen and oxygen atoms in total. The average Bonchev–Trinajstić information content (AvgIpc) is 3.18. The number of nitrogens with zero attached hydrogens (tertiary/aromatic N) is 1. The maximum Gasteiger partial charge on any atom is 0.380 e. The molecule has 178 valence electrons. The van der Waals surface area contributed by atoms with Gasteiger partial charge < -0.3 is 13.9 Å². The van der Waals surface area contributed by atoms with Crippen molar-refractivity contribution in [2.45, 2.75) is 50.2 Å². The van der Waals surface area contributed by atoms with E-state index in [1.54, 1.807) is 23.9 Å². The van der Waals surface area contributed by atoms with Gasteiger partial charge in [0.2, 0.25) is 5.91 Å². The van der Waals surface area contributed by atoms with Crippen LogP contribution in [0.25, 0.3) is 11.1 Å². The highest BCUT2D eigenvalue weighted by Crippen LogP contribution is 2.24. The number of para-hydroxylation sites is 2. The molecule has 33 heavy (non-hydrogen) atoms. The monoisotopic (exact) mass is 491 g/mol. The van der Waals surface area contributed by atoms with E-state index in [-0.39, 0.29) is 11.7 Å². The lowest BCUT2D eigenvalue weighted by Crippen LogP contribution is -2.25. The summed E-state index contributed by atoms with van der Waals surface area (Å²) in [5.41, 5.74) is 2.68. The summed E-state index contributed by atoms with van der Waals surface area (Å²) >= 11 is 1.64. The number of nitrogens with one attached hydrogen (secondary N) is 1. The fourth-order valence-corrected chi connectivity index (χ4v) is 4.48. The number of hydrogen-bond donors (Lipinski definition) is 2. The lowest BCUT2D eigenvalue weighted by Gasteiger charge is -2.07. The van der Waals surface area contributed by atoms with Gasteiger partial charge in [-0.3, -0.25) is 4.79 Å². The van der Waals surface area contributed by atoms with Gasteiger partial charge in [-0.2, -0.15) is 13.6 Å². The van der Waals surface area contributed by atoms with Gasteiger partial charge in [-0.1, -0.05) is 55.3 Å². The van der Waals surface area contributed by atoms with Crippen LogP contribution in [0, 0.1) is 0 Å². The smallest absolute Gasteiger partial charge is 0.380 e. The van der Waals surface area contributed by atoms with E-state index in [9.17, 15) is 13.2 Å². The van der Waals surface area contributed by atoms with E-state index in [4.69, 9.17) is 9.56 Å². The maximum absolute atomic E-state index is 12.0. The Hall–Kier alpha value is -2.56. The van der Waals surface area contributed by atoms with Gasteiger partial charge in [0.25, 0.3) is 5.22 Å². The van der Waals surface area contributed by atoms with Crippen molar-refractivity contribution in [2.75, 3.05) is 12.3 Å². The molecule has 3 rings (SSSR count). The minimum absolute atomic E-state index is 0.0516. The van der Waals surface area contributed by atoms with Crippen molar-refractivity contribution in [1.82, 2.24) is 10.3 Å². The fourth-order valence-electron chi connectivity index (χ4n) is 3.27. The first kappa shape index (κ1) is 25.1. The van der Waals surface area contributed by atoms with E-state index in [0.717, 1.165) is 59.7 Å². The number of carbonyl (C=O) groups excluding carboxylic acids is 1. The minimum atomic E-state index is -4.02. The number of thioether (sulfide) groups is 1. The topological polar surface area (TPSA) is 125 Å². The van der Waals surface area contributed by atoms with Crippen molar-refractivity contribution >= 4 is 39.1 Å². The molecular weight excluding hydrogens is 462 g/mol. The third-order valence-corrected chi connectivity index (χ3v) is 6.26. The van der Waals surface area contributed by atoms with Crippen molar-refractivity contribution in [2.24, 2.45) is 5.14 Å². The molecule has 10 heteroatoms. The second kappa shape index (κ2) is 12.6. The molecule has 1 aromatic heterocycles. The fraction of sp³-hybridized carbons (Fsp3) is 0.391. The molecule has 0 spiro atoms. The van der Waals surface area contributed by atoms with Gasteiger partial charge in [-0.05, 0) is 49.1 Å². The van der Waals surface area contributed by atoms with Gasteiger partial charge in [0.05, 0.1) is 0 Å². The summed E-state index contributed by atoms with van der Waals surface area (Å²) in [5.74, 6) is 1.19. The second-order valence-electron chi connectivity index (χ2n) is 7.63. The molecule has 2 aromatic carbocycles. The quantitative estimate of drug-likeness (QED) is 0.256. The molecule has 0 saturated heterocycles. The van der Waals surface area contributed by atoms with Gasteiger partial charge in [0.1, 0.15) is 11.3 Å². The number of oxazole rings is 1. The lowest BCUT2D eigenvalue weighted by molar-refractivity contribution is -0.121. The Morgan fingerprint density at radius 2 is 1.76 bits per heavy atom. The molecule has 0 unspecified atom stereocenters. The van der Waals surface area contributed by atoms with E-state index in [2.05, 4.69) is 14.5 Å². The van der Waals surface area contributed by atoms with Gasteiger partial charge in [0, 0.05) is 18.7 Å². The summed E-state index contributed by atoms with van der Waals surface area (Å²) in [6, 6.07) is 14.3. The van der Waals surface area contributed by atoms with Gasteiger partial charge in [-0.25, -0.2) is 4.98 Å². The lowest BCUT2D eigenvalue weighted by atomic mass is 10.1. The standard InChI is InChI=1S/C23H29N3O5S2/c24-33(28,29)31-19-13-11-18(12-14-19)15-16-25-22(27)10-4-2-1-3-7-17-32-23-26-20-8-5-6-9-21(20)30-23/h5-6,8-9,11-14H,1-4,7,10,15-17H2,(H,25,27)(H2,24,28,29). The van der Waals surface area contributed by atoms with E-state index in [0.29, 0.717) is 19.4 Å². The molecule has 0 fully saturated rings. The number of carbonyl (C=O) groups is 1. The third kappa shape index (κ3) is 9.45. The number of rotatable bonds is 14. The van der Waals surface area contributed by atoms with Crippen LogP contribution in [0.15, 0.2) is 58.2 Å². The van der Waals surface area contributed by atoms with Crippen molar-refractivity contribution < 1.29 is 21.8 Å². The van der Waals surface area contributed by atoms with Gasteiger partial charge in [0.15, 0.2) is 5.58 Å². The molecule has 0 radical (unpaired) electrons. The molecule has 0 aliphatic carbocycles. The normalized spacial score (nSPS) is 11.5. The first-order valence-electron chi connectivity index (χ1n) is 11.0. The summed E-state index contributed by atoms with van der Waals surface area (Å²) in [6.07, 6.45) is 6.42. The predicted molar refractivity (Wildman–Crippen MR) is 129 cm³/mol. The molecule has 0 aliphatic heterocycles.